The Labute approximate surface area is 206 Å². The Morgan fingerprint density at radius 3 is 2.62 bits per heavy atom. The smallest absolute Gasteiger partial charge is 0.325 e. The monoisotopic (exact) mass is 522 g/mol. The van der Waals surface area contributed by atoms with E-state index in [9.17, 15) is 9.59 Å². The van der Waals surface area contributed by atoms with E-state index in [1.807, 2.05) is 68.7 Å². The van der Waals surface area contributed by atoms with Gasteiger partial charge in [0.25, 0.3) is 5.56 Å². The third kappa shape index (κ3) is 4.42. The molecule has 0 fully saturated rings. The number of rotatable bonds is 5. The quantitative estimate of drug-likeness (QED) is 0.267. The molecule has 0 atom stereocenters. The van der Waals surface area contributed by atoms with Gasteiger partial charge in [-0.1, -0.05) is 54.9 Å². The van der Waals surface area contributed by atoms with Gasteiger partial charge < -0.3 is 9.30 Å². The minimum Gasteiger partial charge on any atom is -0.465 e. The maximum absolute atomic E-state index is 13.5. The molecule has 7 nitrogen and oxygen atoms in total. The van der Waals surface area contributed by atoms with Crippen LogP contribution in [-0.2, 0) is 21.5 Å². The fourth-order valence-corrected chi connectivity index (χ4v) is 4.38. The maximum Gasteiger partial charge on any atom is 0.325 e. The molecule has 0 saturated heterocycles. The van der Waals surface area contributed by atoms with Gasteiger partial charge in [-0.3, -0.25) is 9.59 Å². The molecule has 0 aliphatic heterocycles. The van der Waals surface area contributed by atoms with Crippen molar-refractivity contribution in [2.75, 3.05) is 6.61 Å². The number of esters is 1. The zero-order valence-corrected chi connectivity index (χ0v) is 21.5. The van der Waals surface area contributed by atoms with E-state index in [0.29, 0.717) is 23.3 Å². The standard InChI is InChI=1S/C26H27BrN4O3/c1-6-34-23(32)15-30-16(2)20(18-9-7-8-10-22(18)30)14-28-31-24(33)19-13-17(27)11-12-21(19)29-25(31)26(3,4)5/h7-14H,6,15H2,1-5H3. The van der Waals surface area contributed by atoms with Gasteiger partial charge >= 0.3 is 5.97 Å². The predicted molar refractivity (Wildman–Crippen MR) is 139 cm³/mol. The maximum atomic E-state index is 13.5. The van der Waals surface area contributed by atoms with E-state index < -0.39 is 5.41 Å². The van der Waals surface area contributed by atoms with Crippen molar-refractivity contribution in [1.82, 2.24) is 14.2 Å². The van der Waals surface area contributed by atoms with E-state index >= 15 is 0 Å². The van der Waals surface area contributed by atoms with Crippen LogP contribution in [0.2, 0.25) is 0 Å². The fraction of sp³-hybridized carbons (Fsp3) is 0.308. The minimum absolute atomic E-state index is 0.104. The summed E-state index contributed by atoms with van der Waals surface area (Å²) in [5.41, 5.74) is 2.58. The minimum atomic E-state index is -0.412. The van der Waals surface area contributed by atoms with Crippen molar-refractivity contribution in [1.29, 1.82) is 0 Å². The summed E-state index contributed by atoms with van der Waals surface area (Å²) in [4.78, 5) is 30.4. The van der Waals surface area contributed by atoms with Gasteiger partial charge in [0.05, 0.1) is 23.7 Å². The molecule has 0 amide bonds. The first-order valence-corrected chi connectivity index (χ1v) is 11.9. The molecule has 0 radical (unpaired) electrons. The first-order valence-electron chi connectivity index (χ1n) is 11.1. The molecule has 0 N–H and O–H groups in total. The average Bonchev–Trinajstić information content (AvgIpc) is 3.04. The summed E-state index contributed by atoms with van der Waals surface area (Å²) in [6.07, 6.45) is 1.68. The van der Waals surface area contributed by atoms with Crippen molar-refractivity contribution in [2.24, 2.45) is 5.10 Å². The van der Waals surface area contributed by atoms with Gasteiger partial charge in [0.1, 0.15) is 12.4 Å². The average molecular weight is 523 g/mol. The Morgan fingerprint density at radius 1 is 1.18 bits per heavy atom. The zero-order valence-electron chi connectivity index (χ0n) is 19.9. The van der Waals surface area contributed by atoms with Crippen molar-refractivity contribution >= 4 is 49.9 Å². The Kier molecular flexibility index (Phi) is 6.45. The van der Waals surface area contributed by atoms with Crippen LogP contribution in [0.1, 0.15) is 44.8 Å². The van der Waals surface area contributed by atoms with Crippen LogP contribution in [0.5, 0.6) is 0 Å². The van der Waals surface area contributed by atoms with Crippen LogP contribution in [0.3, 0.4) is 0 Å². The summed E-state index contributed by atoms with van der Waals surface area (Å²) in [5, 5.41) is 6.06. The second-order valence-corrected chi connectivity index (χ2v) is 10.0. The van der Waals surface area contributed by atoms with E-state index in [0.717, 1.165) is 26.6 Å². The normalized spacial score (nSPS) is 12.2. The molecule has 2 aromatic carbocycles. The van der Waals surface area contributed by atoms with Gasteiger partial charge in [0, 0.05) is 32.0 Å². The molecule has 0 aliphatic rings. The summed E-state index contributed by atoms with van der Waals surface area (Å²) in [5.74, 6) is 0.266. The van der Waals surface area contributed by atoms with Crippen molar-refractivity contribution < 1.29 is 9.53 Å². The van der Waals surface area contributed by atoms with Gasteiger partial charge in [-0.05, 0) is 38.1 Å². The summed E-state index contributed by atoms with van der Waals surface area (Å²) < 4.78 is 9.25. The van der Waals surface area contributed by atoms with Crippen LogP contribution in [0.25, 0.3) is 21.8 Å². The van der Waals surface area contributed by atoms with E-state index in [-0.39, 0.29) is 18.1 Å². The highest BCUT2D eigenvalue weighted by Gasteiger charge is 2.23. The van der Waals surface area contributed by atoms with E-state index in [1.165, 1.54) is 4.68 Å². The summed E-state index contributed by atoms with van der Waals surface area (Å²) in [7, 11) is 0. The number of carbonyl (C=O) groups excluding carboxylic acids is 1. The largest absolute Gasteiger partial charge is 0.465 e. The number of ether oxygens (including phenoxy) is 1. The third-order valence-electron chi connectivity index (χ3n) is 5.65. The topological polar surface area (TPSA) is 78.5 Å². The van der Waals surface area contributed by atoms with Crippen molar-refractivity contribution in [3.05, 3.63) is 74.4 Å². The van der Waals surface area contributed by atoms with Gasteiger partial charge in [0.2, 0.25) is 0 Å². The molecule has 0 spiro atoms. The highest BCUT2D eigenvalue weighted by atomic mass is 79.9. The second-order valence-electron chi connectivity index (χ2n) is 9.12. The number of benzene rings is 2. The van der Waals surface area contributed by atoms with Crippen molar-refractivity contribution in [3.8, 4) is 0 Å². The Morgan fingerprint density at radius 2 is 1.91 bits per heavy atom. The number of aromatic nitrogens is 3. The van der Waals surface area contributed by atoms with Gasteiger partial charge in [-0.25, -0.2) is 4.98 Å². The van der Waals surface area contributed by atoms with Crippen LogP contribution in [0.4, 0.5) is 0 Å². The number of fused-ring (bicyclic) bond motifs is 2. The Balaban J connectivity index is 1.91. The predicted octanol–water partition coefficient (Wildman–Crippen LogP) is 5.16. The highest BCUT2D eigenvalue weighted by molar-refractivity contribution is 9.10. The zero-order chi connectivity index (χ0) is 24.6. The second kappa shape index (κ2) is 9.18. The molecule has 0 saturated carbocycles. The lowest BCUT2D eigenvalue weighted by Gasteiger charge is -2.20. The first-order chi connectivity index (χ1) is 16.1. The van der Waals surface area contributed by atoms with Crippen LogP contribution in [-0.4, -0.2) is 33.0 Å². The van der Waals surface area contributed by atoms with E-state index in [2.05, 4.69) is 21.0 Å². The number of carbonyl (C=O) groups is 1. The van der Waals surface area contributed by atoms with E-state index in [4.69, 9.17) is 9.72 Å². The number of hydrogen-bond acceptors (Lipinski definition) is 5. The van der Waals surface area contributed by atoms with Crippen molar-refractivity contribution in [3.63, 3.8) is 0 Å². The molecule has 0 aliphatic carbocycles. The lowest BCUT2D eigenvalue weighted by atomic mass is 9.95. The Bertz CT molecular complexity index is 1490. The third-order valence-corrected chi connectivity index (χ3v) is 6.15. The van der Waals surface area contributed by atoms with Crippen molar-refractivity contribution in [2.45, 2.75) is 46.6 Å². The molecule has 8 heteroatoms. The molecule has 4 rings (SSSR count). The molecule has 176 valence electrons. The van der Waals surface area contributed by atoms with Gasteiger partial charge in [-0.2, -0.15) is 9.78 Å². The number of para-hydroxylation sites is 1. The lowest BCUT2D eigenvalue weighted by Crippen LogP contribution is -2.29. The van der Waals surface area contributed by atoms with Gasteiger partial charge in [0.15, 0.2) is 0 Å². The molecular formula is C26H27BrN4O3. The molecule has 0 bridgehead atoms. The number of halogens is 1. The molecule has 34 heavy (non-hydrogen) atoms. The summed E-state index contributed by atoms with van der Waals surface area (Å²) in [6, 6.07) is 13.3. The van der Waals surface area contributed by atoms with Gasteiger partial charge in [-0.15, -0.1) is 0 Å². The summed E-state index contributed by atoms with van der Waals surface area (Å²) >= 11 is 3.44. The number of nitrogens with zero attached hydrogens (tertiary/aromatic N) is 4. The summed E-state index contributed by atoms with van der Waals surface area (Å²) in [6.45, 7) is 10.2. The molecule has 4 aromatic rings. The lowest BCUT2D eigenvalue weighted by molar-refractivity contribution is -0.143. The SMILES string of the molecule is CCOC(=O)Cn1c(C)c(C=Nn2c(C(C)(C)C)nc3ccc(Br)cc3c2=O)c2ccccc21. The first kappa shape index (κ1) is 23.9. The van der Waals surface area contributed by atoms with Crippen LogP contribution in [0, 0.1) is 6.92 Å². The number of hydrogen-bond donors (Lipinski definition) is 0. The molecule has 2 aromatic heterocycles. The van der Waals surface area contributed by atoms with Crippen LogP contribution in [0.15, 0.2) is 56.8 Å². The van der Waals surface area contributed by atoms with E-state index in [1.54, 1.807) is 19.2 Å². The van der Waals surface area contributed by atoms with Crippen LogP contribution >= 0.6 is 15.9 Å². The molecule has 0 unspecified atom stereocenters. The molecular weight excluding hydrogens is 496 g/mol. The molecule has 2 heterocycles. The fourth-order valence-electron chi connectivity index (χ4n) is 4.02. The highest BCUT2D eigenvalue weighted by Crippen LogP contribution is 2.26. The Hall–Kier alpha value is -3.26. The van der Waals surface area contributed by atoms with Crippen LogP contribution < -0.4 is 5.56 Å².